The first-order valence-electron chi connectivity index (χ1n) is 7.46. The Labute approximate surface area is 135 Å². The third kappa shape index (κ3) is 6.73. The summed E-state index contributed by atoms with van der Waals surface area (Å²) in [5, 5.41) is 2.75. The molecule has 7 heteroatoms. The number of carbonyl (C=O) groups is 2. The zero-order valence-corrected chi connectivity index (χ0v) is 13.7. The number of benzene rings is 1. The molecular formula is C16H23F2N3O2. The minimum atomic E-state index is -0.827. The lowest BCUT2D eigenvalue weighted by molar-refractivity contribution is -0.121. The molecule has 0 saturated heterocycles. The van der Waals surface area contributed by atoms with Crippen LogP contribution in [-0.4, -0.2) is 50.4 Å². The number of nitrogens with zero attached hydrogens (tertiary/aromatic N) is 2. The molecular weight excluding hydrogens is 304 g/mol. The van der Waals surface area contributed by atoms with Crippen molar-refractivity contribution < 1.29 is 18.4 Å². The molecule has 0 heterocycles. The first-order valence-corrected chi connectivity index (χ1v) is 7.46. The number of nitrogens with one attached hydrogen (secondary N) is 1. The van der Waals surface area contributed by atoms with Crippen molar-refractivity contribution in [3.8, 4) is 0 Å². The van der Waals surface area contributed by atoms with Crippen molar-refractivity contribution in [3.05, 3.63) is 29.8 Å². The molecule has 0 bridgehead atoms. The molecule has 0 aliphatic heterocycles. The minimum absolute atomic E-state index is 0.0284. The Bertz CT molecular complexity index is 550. The third-order valence-electron chi connectivity index (χ3n) is 3.25. The van der Waals surface area contributed by atoms with E-state index in [1.165, 1.54) is 13.0 Å². The Morgan fingerprint density at radius 1 is 1.17 bits per heavy atom. The molecule has 1 N–H and O–H groups in total. The van der Waals surface area contributed by atoms with Crippen molar-refractivity contribution in [3.63, 3.8) is 0 Å². The molecule has 128 valence electrons. The number of hydrogen-bond acceptors (Lipinski definition) is 3. The summed E-state index contributed by atoms with van der Waals surface area (Å²) in [6, 6.07) is 2.99. The van der Waals surface area contributed by atoms with Gasteiger partial charge in [-0.15, -0.1) is 0 Å². The normalized spacial score (nSPS) is 10.7. The number of amides is 2. The van der Waals surface area contributed by atoms with Crippen LogP contribution in [0.3, 0.4) is 0 Å². The highest BCUT2D eigenvalue weighted by atomic mass is 19.1. The molecule has 0 atom stereocenters. The molecule has 0 aliphatic carbocycles. The number of rotatable bonds is 8. The van der Waals surface area contributed by atoms with E-state index < -0.39 is 17.5 Å². The molecule has 5 nitrogen and oxygen atoms in total. The van der Waals surface area contributed by atoms with Crippen LogP contribution < -0.4 is 10.2 Å². The lowest BCUT2D eigenvalue weighted by Crippen LogP contribution is -2.35. The van der Waals surface area contributed by atoms with Gasteiger partial charge in [-0.1, -0.05) is 0 Å². The highest BCUT2D eigenvalue weighted by molar-refractivity contribution is 5.92. The smallest absolute Gasteiger partial charge is 0.223 e. The number of carbonyl (C=O) groups excluding carboxylic acids is 2. The molecule has 23 heavy (non-hydrogen) atoms. The summed E-state index contributed by atoms with van der Waals surface area (Å²) in [5.41, 5.74) is -0.0284. The van der Waals surface area contributed by atoms with Crippen LogP contribution in [0.2, 0.25) is 0 Å². The minimum Gasteiger partial charge on any atom is -0.356 e. The van der Waals surface area contributed by atoms with E-state index in [0.717, 1.165) is 23.9 Å². The Balaban J connectivity index is 2.54. The molecule has 2 amide bonds. The van der Waals surface area contributed by atoms with Crippen LogP contribution >= 0.6 is 0 Å². The molecule has 0 aromatic heterocycles. The van der Waals surface area contributed by atoms with Gasteiger partial charge in [0.1, 0.15) is 11.6 Å². The van der Waals surface area contributed by atoms with Crippen LogP contribution in [0.25, 0.3) is 0 Å². The van der Waals surface area contributed by atoms with E-state index in [1.807, 2.05) is 19.0 Å². The average molecular weight is 327 g/mol. The zero-order chi connectivity index (χ0) is 17.4. The molecule has 0 spiro atoms. The number of halogens is 2. The second kappa shape index (κ2) is 9.19. The fraction of sp³-hybridized carbons (Fsp3) is 0.500. The topological polar surface area (TPSA) is 52.7 Å². The van der Waals surface area contributed by atoms with E-state index >= 15 is 0 Å². The van der Waals surface area contributed by atoms with Crippen LogP contribution in [0.1, 0.15) is 19.8 Å². The molecule has 0 aliphatic rings. The van der Waals surface area contributed by atoms with E-state index in [2.05, 4.69) is 5.32 Å². The first kappa shape index (κ1) is 19.0. The summed E-state index contributed by atoms with van der Waals surface area (Å²) in [5.74, 6) is -2.16. The van der Waals surface area contributed by atoms with Crippen LogP contribution in [-0.2, 0) is 9.59 Å². The third-order valence-corrected chi connectivity index (χ3v) is 3.25. The molecule has 0 fully saturated rings. The first-order chi connectivity index (χ1) is 10.8. The molecule has 0 saturated carbocycles. The lowest BCUT2D eigenvalue weighted by Gasteiger charge is -2.21. The Hall–Kier alpha value is -2.02. The predicted molar refractivity (Wildman–Crippen MR) is 85.2 cm³/mol. The maximum Gasteiger partial charge on any atom is 0.223 e. The maximum atomic E-state index is 13.8. The van der Waals surface area contributed by atoms with Gasteiger partial charge in [-0.2, -0.15) is 0 Å². The Morgan fingerprint density at radius 3 is 2.43 bits per heavy atom. The van der Waals surface area contributed by atoms with Crippen molar-refractivity contribution >= 4 is 17.5 Å². The fourth-order valence-corrected chi connectivity index (χ4v) is 2.07. The molecule has 0 radical (unpaired) electrons. The van der Waals surface area contributed by atoms with Crippen molar-refractivity contribution in [1.82, 2.24) is 10.2 Å². The number of hydrogen-bond donors (Lipinski definition) is 1. The van der Waals surface area contributed by atoms with Crippen molar-refractivity contribution in [2.45, 2.75) is 19.8 Å². The van der Waals surface area contributed by atoms with Gasteiger partial charge >= 0.3 is 0 Å². The van der Waals surface area contributed by atoms with Crippen molar-refractivity contribution in [2.24, 2.45) is 0 Å². The van der Waals surface area contributed by atoms with Crippen LogP contribution in [0, 0.1) is 11.6 Å². The largest absolute Gasteiger partial charge is 0.356 e. The Kier molecular flexibility index (Phi) is 7.61. The SMILES string of the molecule is CC(=O)N(CCC(=O)NCCCN(C)C)c1ccc(F)cc1F. The Morgan fingerprint density at radius 2 is 1.87 bits per heavy atom. The maximum absolute atomic E-state index is 13.8. The van der Waals surface area contributed by atoms with Gasteiger partial charge in [-0.05, 0) is 39.2 Å². The second-order valence-electron chi connectivity index (χ2n) is 5.52. The second-order valence-corrected chi connectivity index (χ2v) is 5.52. The van der Waals surface area contributed by atoms with Crippen LogP contribution in [0.15, 0.2) is 18.2 Å². The van der Waals surface area contributed by atoms with Gasteiger partial charge in [0, 0.05) is 32.5 Å². The van der Waals surface area contributed by atoms with Gasteiger partial charge in [-0.3, -0.25) is 9.59 Å². The quantitative estimate of drug-likeness (QED) is 0.741. The van der Waals surface area contributed by atoms with Crippen LogP contribution in [0.5, 0.6) is 0 Å². The summed E-state index contributed by atoms with van der Waals surface area (Å²) in [6.07, 6.45) is 0.875. The van der Waals surface area contributed by atoms with E-state index in [9.17, 15) is 18.4 Å². The van der Waals surface area contributed by atoms with E-state index in [-0.39, 0.29) is 24.6 Å². The molecule has 0 unspecified atom stereocenters. The molecule has 1 aromatic rings. The summed E-state index contributed by atoms with van der Waals surface area (Å²) < 4.78 is 26.7. The summed E-state index contributed by atoms with van der Waals surface area (Å²) >= 11 is 0. The van der Waals surface area contributed by atoms with Crippen molar-refractivity contribution in [1.29, 1.82) is 0 Å². The van der Waals surface area contributed by atoms with Gasteiger partial charge in [0.25, 0.3) is 0 Å². The standard InChI is InChI=1S/C16H23F2N3O2/c1-12(22)21(15-6-5-13(17)11-14(15)18)10-7-16(23)19-8-4-9-20(2)3/h5-6,11H,4,7-10H2,1-3H3,(H,19,23). The van der Waals surface area contributed by atoms with Gasteiger partial charge in [-0.25, -0.2) is 8.78 Å². The number of anilines is 1. The van der Waals surface area contributed by atoms with Gasteiger partial charge < -0.3 is 15.1 Å². The fourth-order valence-electron chi connectivity index (χ4n) is 2.07. The van der Waals surface area contributed by atoms with Gasteiger partial charge in [0.2, 0.25) is 11.8 Å². The highest BCUT2D eigenvalue weighted by Crippen LogP contribution is 2.20. The van der Waals surface area contributed by atoms with E-state index in [0.29, 0.717) is 12.6 Å². The summed E-state index contributed by atoms with van der Waals surface area (Å²) in [6.45, 7) is 2.72. The van der Waals surface area contributed by atoms with E-state index in [1.54, 1.807) is 0 Å². The highest BCUT2D eigenvalue weighted by Gasteiger charge is 2.17. The average Bonchev–Trinajstić information content (AvgIpc) is 2.45. The molecule has 1 rings (SSSR count). The monoisotopic (exact) mass is 327 g/mol. The van der Waals surface area contributed by atoms with Gasteiger partial charge in [0.15, 0.2) is 0 Å². The van der Waals surface area contributed by atoms with Gasteiger partial charge in [0.05, 0.1) is 5.69 Å². The van der Waals surface area contributed by atoms with Crippen LogP contribution in [0.4, 0.5) is 14.5 Å². The summed E-state index contributed by atoms with van der Waals surface area (Å²) in [7, 11) is 3.90. The predicted octanol–water partition coefficient (Wildman–Crippen LogP) is 1.78. The lowest BCUT2D eigenvalue weighted by atomic mass is 10.2. The zero-order valence-electron chi connectivity index (χ0n) is 13.7. The molecule has 1 aromatic carbocycles. The summed E-state index contributed by atoms with van der Waals surface area (Å²) in [4.78, 5) is 26.6. The van der Waals surface area contributed by atoms with E-state index in [4.69, 9.17) is 0 Å². The van der Waals surface area contributed by atoms with Crippen molar-refractivity contribution in [2.75, 3.05) is 38.6 Å².